The molecule has 0 spiro atoms. The van der Waals surface area contributed by atoms with Gasteiger partial charge in [-0.05, 0) is 0 Å². The topological polar surface area (TPSA) is 34.1 Å². The molecule has 0 radical (unpaired) electrons. The maximum Gasteiger partial charge on any atom is 0.189 e. The first-order chi connectivity index (χ1) is 5.12. The predicted molar refractivity (Wildman–Crippen MR) is 71.2 cm³/mol. The third-order valence-electron chi connectivity index (χ3n) is 0.267. The highest BCUT2D eigenvalue weighted by Gasteiger charge is 2.14. The first kappa shape index (κ1) is 16.6. The van der Waals surface area contributed by atoms with Gasteiger partial charge in [-0.2, -0.15) is 0 Å². The van der Waals surface area contributed by atoms with Crippen molar-refractivity contribution in [2.24, 2.45) is 0 Å². The van der Waals surface area contributed by atoms with Crippen LogP contribution in [-0.2, 0) is 9.59 Å². The summed E-state index contributed by atoms with van der Waals surface area (Å²) < 4.78 is -1.40. The zero-order valence-electron chi connectivity index (χ0n) is 5.24. The first-order valence-electron chi connectivity index (χ1n) is 2.18. The summed E-state index contributed by atoms with van der Waals surface area (Å²) in [4.78, 5) is 19.4. The molecule has 0 atom stereocenters. The molecular weight excluding hydrogens is 559 g/mol. The van der Waals surface area contributed by atoms with Crippen molar-refractivity contribution in [2.45, 2.75) is 4.29 Å². The summed E-state index contributed by atoms with van der Waals surface area (Å²) in [6.45, 7) is 0. The van der Waals surface area contributed by atoms with Gasteiger partial charge >= 0.3 is 0 Å². The molecule has 0 aliphatic carbocycles. The zero-order valence-corrected chi connectivity index (χ0v) is 14.8. The van der Waals surface area contributed by atoms with Gasteiger partial charge in [-0.25, -0.2) is 0 Å². The van der Waals surface area contributed by atoms with Gasteiger partial charge in [0.15, 0.2) is 16.9 Å². The minimum Gasteiger partial charge on any atom is -0.300 e. The van der Waals surface area contributed by atoms with Crippen LogP contribution in [0.15, 0.2) is 0 Å². The molecule has 0 aliphatic heterocycles. The maximum atomic E-state index is 9.69. The minimum absolute atomic E-state index is 0.688. The largest absolute Gasteiger partial charge is 0.300 e. The van der Waals surface area contributed by atoms with Gasteiger partial charge in [0.2, 0.25) is 0 Å². The van der Waals surface area contributed by atoms with E-state index in [1.165, 1.54) is 0 Å². The maximum absolute atomic E-state index is 9.69. The highest BCUT2D eigenvalue weighted by Crippen LogP contribution is 2.30. The van der Waals surface area contributed by atoms with Gasteiger partial charge in [0, 0.05) is 0 Å². The lowest BCUT2D eigenvalue weighted by atomic mass is 10.9. The number of halogens is 6. The molecule has 0 fully saturated rings. The Morgan fingerprint density at radius 3 is 0.750 bits per heavy atom. The Labute approximate surface area is 120 Å². The van der Waals surface area contributed by atoms with Crippen molar-refractivity contribution in [1.29, 1.82) is 0 Å². The number of alkyl halides is 6. The van der Waals surface area contributed by atoms with Gasteiger partial charge in [0.25, 0.3) is 0 Å². The van der Waals surface area contributed by atoms with Gasteiger partial charge < -0.3 is 0 Å². The number of hydrogen-bond acceptors (Lipinski definition) is 2. The Morgan fingerprint density at radius 1 is 0.667 bits per heavy atom. The van der Waals surface area contributed by atoms with E-state index in [4.69, 9.17) is 0 Å². The van der Waals surface area contributed by atoms with E-state index in [1.54, 1.807) is 0 Å². The lowest BCUT2D eigenvalue weighted by molar-refractivity contribution is -0.107. The fourth-order valence-corrected chi connectivity index (χ4v) is 0. The van der Waals surface area contributed by atoms with E-state index in [9.17, 15) is 9.59 Å². The van der Waals surface area contributed by atoms with Crippen LogP contribution in [0.3, 0.4) is 0 Å². The summed E-state index contributed by atoms with van der Waals surface area (Å²) in [5.74, 6) is 0. The van der Waals surface area contributed by atoms with E-state index in [1.807, 2.05) is 0 Å². The second kappa shape index (κ2) is 7.50. The quantitative estimate of drug-likeness (QED) is 0.331. The Hall–Kier alpha value is 2.22. The van der Waals surface area contributed by atoms with Crippen LogP contribution in [0.5, 0.6) is 0 Å². The highest BCUT2D eigenvalue weighted by molar-refractivity contribution is 9.40. The van der Waals surface area contributed by atoms with Crippen molar-refractivity contribution in [3.8, 4) is 0 Å². The highest BCUT2D eigenvalue weighted by atomic mass is 80.0. The summed E-state index contributed by atoms with van der Waals surface area (Å²) in [5.41, 5.74) is 0. The lowest BCUT2D eigenvalue weighted by Gasteiger charge is -1.95. The van der Waals surface area contributed by atoms with Crippen molar-refractivity contribution in [2.75, 3.05) is 0 Å². The average Bonchev–Trinajstić information content (AvgIpc) is 1.86. The van der Waals surface area contributed by atoms with Crippen LogP contribution in [0.25, 0.3) is 0 Å². The van der Waals surface area contributed by atoms with E-state index >= 15 is 0 Å². The SMILES string of the molecule is O=CC(Br)(Br)Br.O=CC(Br)(Br)Br. The Morgan fingerprint density at radius 2 is 0.750 bits per heavy atom. The molecule has 0 aliphatic rings. The van der Waals surface area contributed by atoms with E-state index in [0.29, 0.717) is 12.6 Å². The molecule has 0 aromatic rings. The molecule has 0 N–H and O–H groups in total. The van der Waals surface area contributed by atoms with Crippen LogP contribution < -0.4 is 0 Å². The number of hydrogen-bond donors (Lipinski definition) is 0. The predicted octanol–water partition coefficient (Wildman–Crippen LogP) is 4.05. The number of rotatable bonds is 0. The van der Waals surface area contributed by atoms with E-state index in [2.05, 4.69) is 95.6 Å². The molecule has 2 nitrogen and oxygen atoms in total. The van der Waals surface area contributed by atoms with Crippen LogP contribution in [0.2, 0.25) is 0 Å². The monoisotopic (exact) mass is 556 g/mol. The van der Waals surface area contributed by atoms with Crippen molar-refractivity contribution >= 4 is 108 Å². The van der Waals surface area contributed by atoms with Crippen LogP contribution in [0.4, 0.5) is 0 Å². The van der Waals surface area contributed by atoms with Gasteiger partial charge in [0.05, 0.1) is 0 Å². The van der Waals surface area contributed by atoms with Crippen molar-refractivity contribution in [1.82, 2.24) is 0 Å². The standard InChI is InChI=1S/2C2HBr3O/c2*3-2(4,5)1-6/h2*1H. The van der Waals surface area contributed by atoms with Crippen molar-refractivity contribution in [3.63, 3.8) is 0 Å². The van der Waals surface area contributed by atoms with Crippen LogP contribution in [-0.4, -0.2) is 16.9 Å². The molecule has 0 unspecified atom stereocenters. The molecule has 12 heavy (non-hydrogen) atoms. The van der Waals surface area contributed by atoms with Crippen LogP contribution >= 0.6 is 95.6 Å². The fraction of sp³-hybridized carbons (Fsp3) is 0.500. The average molecular weight is 561 g/mol. The van der Waals surface area contributed by atoms with E-state index < -0.39 is 4.29 Å². The molecule has 0 bridgehead atoms. The van der Waals surface area contributed by atoms with Crippen molar-refractivity contribution in [3.05, 3.63) is 0 Å². The van der Waals surface area contributed by atoms with E-state index in [-0.39, 0.29) is 0 Å². The molecular formula is C4H2Br6O2. The number of carbonyl (C=O) groups is 2. The van der Waals surface area contributed by atoms with Crippen molar-refractivity contribution < 1.29 is 9.59 Å². The summed E-state index contributed by atoms with van der Waals surface area (Å²) in [6.07, 6.45) is 1.38. The molecule has 8 heteroatoms. The molecule has 0 saturated carbocycles. The molecule has 0 amide bonds. The molecule has 0 aromatic carbocycles. The lowest BCUT2D eigenvalue weighted by Crippen LogP contribution is -1.97. The molecule has 0 heterocycles. The number of carbonyl (C=O) groups excluding carboxylic acids is 2. The summed E-state index contributed by atoms with van der Waals surface area (Å²) >= 11 is 17.7. The molecule has 0 rings (SSSR count). The second-order valence-electron chi connectivity index (χ2n) is 1.32. The van der Waals surface area contributed by atoms with Gasteiger partial charge in [0.1, 0.15) is 0 Å². The third kappa shape index (κ3) is 22.8. The summed E-state index contributed by atoms with van der Waals surface area (Å²) in [6, 6.07) is 0. The van der Waals surface area contributed by atoms with Crippen LogP contribution in [0.1, 0.15) is 0 Å². The second-order valence-corrected chi connectivity index (χ2v) is 15.2. The van der Waals surface area contributed by atoms with Gasteiger partial charge in [-0.1, -0.05) is 95.6 Å². The Bertz CT molecular complexity index is 127. The van der Waals surface area contributed by atoms with Crippen LogP contribution in [0, 0.1) is 0 Å². The molecule has 72 valence electrons. The number of aldehydes is 2. The van der Waals surface area contributed by atoms with Gasteiger partial charge in [-0.15, -0.1) is 0 Å². The summed E-state index contributed by atoms with van der Waals surface area (Å²) in [7, 11) is 0. The first-order valence-corrected chi connectivity index (χ1v) is 6.94. The molecule has 0 aromatic heterocycles. The third-order valence-corrected chi connectivity index (χ3v) is 1.39. The van der Waals surface area contributed by atoms with E-state index in [0.717, 1.165) is 0 Å². The fourth-order valence-electron chi connectivity index (χ4n) is 0. The minimum atomic E-state index is -0.701. The normalized spacial score (nSPS) is 11.2. The Balaban J connectivity index is 0. The molecule has 0 saturated heterocycles. The van der Waals surface area contributed by atoms with Gasteiger partial charge in [-0.3, -0.25) is 9.59 Å². The summed E-state index contributed by atoms with van der Waals surface area (Å²) in [5, 5.41) is 0. The zero-order chi connectivity index (χ0) is 10.4. The smallest absolute Gasteiger partial charge is 0.189 e. The Kier molecular flexibility index (Phi) is 10.4.